The van der Waals surface area contributed by atoms with Gasteiger partial charge in [0.25, 0.3) is 0 Å². The number of carbonyl (C=O) groups is 1. The monoisotopic (exact) mass is 678 g/mol. The predicted molar refractivity (Wildman–Crippen MR) is 212 cm³/mol. The van der Waals surface area contributed by atoms with E-state index in [1.165, 1.54) is 199 Å². The SMILES string of the molecule is CCCCCCCCCCCCCCCCCCCCCCCCCCCC/C=C/C(O)C(CO)NC(=O)CCCCCCCCCC. The van der Waals surface area contributed by atoms with Crippen molar-refractivity contribution in [1.82, 2.24) is 5.32 Å². The van der Waals surface area contributed by atoms with Crippen LogP contribution in [0, 0.1) is 0 Å². The van der Waals surface area contributed by atoms with Gasteiger partial charge in [-0.05, 0) is 19.3 Å². The maximum Gasteiger partial charge on any atom is 0.220 e. The first kappa shape index (κ1) is 47.1. The fourth-order valence-electron chi connectivity index (χ4n) is 6.89. The van der Waals surface area contributed by atoms with Crippen LogP contribution in [0.3, 0.4) is 0 Å². The summed E-state index contributed by atoms with van der Waals surface area (Å²) in [7, 11) is 0. The van der Waals surface area contributed by atoms with E-state index in [2.05, 4.69) is 19.2 Å². The van der Waals surface area contributed by atoms with E-state index < -0.39 is 12.1 Å². The Bertz CT molecular complexity index is 651. The van der Waals surface area contributed by atoms with Gasteiger partial charge in [0.05, 0.1) is 18.8 Å². The average molecular weight is 678 g/mol. The molecule has 0 aromatic carbocycles. The molecule has 4 nitrogen and oxygen atoms in total. The molecule has 0 aromatic heterocycles. The molecule has 286 valence electrons. The zero-order chi connectivity index (χ0) is 35.0. The molecule has 0 aliphatic heterocycles. The van der Waals surface area contributed by atoms with Gasteiger partial charge in [-0.25, -0.2) is 0 Å². The van der Waals surface area contributed by atoms with E-state index >= 15 is 0 Å². The Labute approximate surface area is 301 Å². The number of hydrogen-bond acceptors (Lipinski definition) is 3. The number of rotatable bonds is 40. The third-order valence-electron chi connectivity index (χ3n) is 10.3. The summed E-state index contributed by atoms with van der Waals surface area (Å²) >= 11 is 0. The molecule has 0 heterocycles. The third kappa shape index (κ3) is 36.4. The number of hydrogen-bond donors (Lipinski definition) is 3. The van der Waals surface area contributed by atoms with E-state index in [-0.39, 0.29) is 12.5 Å². The van der Waals surface area contributed by atoms with E-state index in [0.29, 0.717) is 6.42 Å². The molecule has 4 heteroatoms. The number of carbonyl (C=O) groups excluding carboxylic acids is 1. The second-order valence-corrected chi connectivity index (χ2v) is 15.1. The molecule has 1 amide bonds. The third-order valence-corrected chi connectivity index (χ3v) is 10.3. The highest BCUT2D eigenvalue weighted by molar-refractivity contribution is 5.76. The minimum atomic E-state index is -0.832. The van der Waals surface area contributed by atoms with Crippen LogP contribution in [-0.2, 0) is 4.79 Å². The minimum Gasteiger partial charge on any atom is -0.394 e. The van der Waals surface area contributed by atoms with Crippen molar-refractivity contribution in [2.45, 2.75) is 257 Å². The largest absolute Gasteiger partial charge is 0.394 e. The zero-order valence-electron chi connectivity index (χ0n) is 32.8. The van der Waals surface area contributed by atoms with Gasteiger partial charge >= 0.3 is 0 Å². The van der Waals surface area contributed by atoms with Crippen LogP contribution in [0.1, 0.15) is 245 Å². The molecule has 0 aliphatic carbocycles. The number of unbranched alkanes of at least 4 members (excludes halogenated alkanes) is 33. The maximum atomic E-state index is 12.2. The lowest BCUT2D eigenvalue weighted by molar-refractivity contribution is -0.123. The van der Waals surface area contributed by atoms with Crippen molar-refractivity contribution in [3.05, 3.63) is 12.2 Å². The first-order valence-electron chi connectivity index (χ1n) is 21.9. The van der Waals surface area contributed by atoms with Gasteiger partial charge in [0.15, 0.2) is 0 Å². The lowest BCUT2D eigenvalue weighted by Crippen LogP contribution is -2.45. The highest BCUT2D eigenvalue weighted by Crippen LogP contribution is 2.16. The molecule has 0 bridgehead atoms. The van der Waals surface area contributed by atoms with E-state index in [1.54, 1.807) is 6.08 Å². The Morgan fingerprint density at radius 1 is 0.479 bits per heavy atom. The molecule has 0 saturated heterocycles. The van der Waals surface area contributed by atoms with Crippen molar-refractivity contribution < 1.29 is 15.0 Å². The molecule has 0 fully saturated rings. The van der Waals surface area contributed by atoms with Gasteiger partial charge in [-0.2, -0.15) is 0 Å². The molecule has 0 rings (SSSR count). The Hall–Kier alpha value is -0.870. The van der Waals surface area contributed by atoms with Crippen LogP contribution in [0.15, 0.2) is 12.2 Å². The van der Waals surface area contributed by atoms with Crippen LogP contribution in [0.4, 0.5) is 0 Å². The molecular formula is C44H87NO3. The molecule has 0 spiro atoms. The topological polar surface area (TPSA) is 69.6 Å². The van der Waals surface area contributed by atoms with Crippen molar-refractivity contribution in [2.24, 2.45) is 0 Å². The van der Waals surface area contributed by atoms with E-state index in [9.17, 15) is 15.0 Å². The number of aliphatic hydroxyl groups is 2. The summed E-state index contributed by atoms with van der Waals surface area (Å²) in [6.45, 7) is 4.29. The molecule has 0 aliphatic rings. The van der Waals surface area contributed by atoms with Crippen LogP contribution >= 0.6 is 0 Å². The lowest BCUT2D eigenvalue weighted by Gasteiger charge is -2.20. The van der Waals surface area contributed by atoms with Crippen molar-refractivity contribution in [3.63, 3.8) is 0 Å². The summed E-state index contributed by atoms with van der Waals surface area (Å²) in [5.74, 6) is -0.0668. The first-order chi connectivity index (χ1) is 23.7. The quantitative estimate of drug-likeness (QED) is 0.0446. The zero-order valence-corrected chi connectivity index (χ0v) is 32.8. The maximum absolute atomic E-state index is 12.2. The Kier molecular flexibility index (Phi) is 39.8. The molecule has 2 unspecified atom stereocenters. The average Bonchev–Trinajstić information content (AvgIpc) is 3.09. The van der Waals surface area contributed by atoms with Crippen molar-refractivity contribution >= 4 is 5.91 Å². The number of nitrogens with one attached hydrogen (secondary N) is 1. The van der Waals surface area contributed by atoms with Crippen molar-refractivity contribution in [2.75, 3.05) is 6.61 Å². The van der Waals surface area contributed by atoms with E-state index in [4.69, 9.17) is 0 Å². The van der Waals surface area contributed by atoms with Gasteiger partial charge < -0.3 is 15.5 Å². The Balaban J connectivity index is 3.41. The van der Waals surface area contributed by atoms with Crippen LogP contribution in [0.5, 0.6) is 0 Å². The van der Waals surface area contributed by atoms with Gasteiger partial charge in [0, 0.05) is 6.42 Å². The fraction of sp³-hybridized carbons (Fsp3) is 0.932. The minimum absolute atomic E-state index is 0.0668. The molecular weight excluding hydrogens is 590 g/mol. The number of aliphatic hydroxyl groups excluding tert-OH is 2. The number of allylic oxidation sites excluding steroid dienone is 1. The lowest BCUT2D eigenvalue weighted by atomic mass is 10.0. The Morgan fingerprint density at radius 2 is 0.771 bits per heavy atom. The van der Waals surface area contributed by atoms with Crippen LogP contribution in [-0.4, -0.2) is 34.9 Å². The number of amides is 1. The van der Waals surface area contributed by atoms with Crippen LogP contribution in [0.25, 0.3) is 0 Å². The van der Waals surface area contributed by atoms with Gasteiger partial charge in [-0.1, -0.05) is 231 Å². The first-order valence-corrected chi connectivity index (χ1v) is 21.9. The summed E-state index contributed by atoms with van der Waals surface area (Å²) in [6.07, 6.45) is 50.6. The van der Waals surface area contributed by atoms with E-state index in [0.717, 1.165) is 25.7 Å². The summed E-state index contributed by atoms with van der Waals surface area (Å²) < 4.78 is 0. The second-order valence-electron chi connectivity index (χ2n) is 15.1. The molecule has 0 aromatic rings. The summed E-state index contributed by atoms with van der Waals surface area (Å²) in [5, 5.41) is 22.9. The molecule has 0 saturated carbocycles. The van der Waals surface area contributed by atoms with Crippen LogP contribution in [0.2, 0.25) is 0 Å². The Morgan fingerprint density at radius 3 is 1.08 bits per heavy atom. The summed E-state index contributed by atoms with van der Waals surface area (Å²) in [4.78, 5) is 12.2. The van der Waals surface area contributed by atoms with Crippen LogP contribution < -0.4 is 5.32 Å². The molecule has 3 N–H and O–H groups in total. The summed E-state index contributed by atoms with van der Waals surface area (Å²) in [6, 6.07) is -0.614. The second kappa shape index (κ2) is 40.6. The molecule has 48 heavy (non-hydrogen) atoms. The molecule has 0 radical (unpaired) electrons. The van der Waals surface area contributed by atoms with Gasteiger partial charge in [0.1, 0.15) is 0 Å². The summed E-state index contributed by atoms with van der Waals surface area (Å²) in [5.41, 5.74) is 0. The highest BCUT2D eigenvalue weighted by Gasteiger charge is 2.17. The van der Waals surface area contributed by atoms with Crippen molar-refractivity contribution in [3.8, 4) is 0 Å². The van der Waals surface area contributed by atoms with Gasteiger partial charge in [0.2, 0.25) is 5.91 Å². The normalized spacial score (nSPS) is 13.0. The highest BCUT2D eigenvalue weighted by atomic mass is 16.3. The van der Waals surface area contributed by atoms with Crippen molar-refractivity contribution in [1.29, 1.82) is 0 Å². The van der Waals surface area contributed by atoms with Gasteiger partial charge in [-0.3, -0.25) is 4.79 Å². The fourth-order valence-corrected chi connectivity index (χ4v) is 6.89. The molecule has 2 atom stereocenters. The van der Waals surface area contributed by atoms with E-state index in [1.807, 2.05) is 6.08 Å². The predicted octanol–water partition coefficient (Wildman–Crippen LogP) is 13.5. The van der Waals surface area contributed by atoms with Gasteiger partial charge in [-0.15, -0.1) is 0 Å². The smallest absolute Gasteiger partial charge is 0.220 e. The standard InChI is InChI=1S/C44H87NO3/c1-3-5-7-9-11-13-14-15-16-17-18-19-20-21-22-23-24-25-26-27-28-29-30-31-32-33-35-37-39-43(47)42(41-46)45-44(48)40-38-36-34-12-10-8-6-4-2/h37,39,42-43,46-47H,3-36,38,40-41H2,1-2H3,(H,45,48)/b39-37+.